The molecule has 4 aromatic rings. The number of hydrogen-bond acceptors (Lipinski definition) is 3. The van der Waals surface area contributed by atoms with E-state index in [1.54, 1.807) is 12.3 Å². The number of carbonyl (C=O) groups is 1. The molecule has 0 saturated carbocycles. The van der Waals surface area contributed by atoms with Crippen molar-refractivity contribution in [3.63, 3.8) is 0 Å². The van der Waals surface area contributed by atoms with E-state index >= 15 is 0 Å². The summed E-state index contributed by atoms with van der Waals surface area (Å²) < 4.78 is 0. The Kier molecular flexibility index (Phi) is 5.29. The number of aromatic amines is 1. The molecule has 2 aromatic heterocycles. The van der Waals surface area contributed by atoms with Crippen molar-refractivity contribution in [1.82, 2.24) is 9.97 Å². The molecule has 0 fully saturated rings. The molecule has 0 spiro atoms. The Bertz CT molecular complexity index is 1170. The fourth-order valence-electron chi connectivity index (χ4n) is 3.55. The summed E-state index contributed by atoms with van der Waals surface area (Å²) in [6.07, 6.45) is 5.06. The second kappa shape index (κ2) is 8.19. The van der Waals surface area contributed by atoms with E-state index in [2.05, 4.69) is 40.1 Å². The van der Waals surface area contributed by atoms with E-state index in [0.717, 1.165) is 52.0 Å². The van der Waals surface area contributed by atoms with Crippen LogP contribution in [0.1, 0.15) is 19.5 Å². The van der Waals surface area contributed by atoms with Crippen molar-refractivity contribution in [3.8, 4) is 0 Å². The molecule has 2 aromatic carbocycles. The van der Waals surface area contributed by atoms with Crippen LogP contribution in [0.5, 0.6) is 0 Å². The number of rotatable bonds is 6. The highest BCUT2D eigenvalue weighted by atomic mass is 16.1. The number of H-pyrrole nitrogens is 1. The van der Waals surface area contributed by atoms with E-state index in [4.69, 9.17) is 0 Å². The van der Waals surface area contributed by atoms with Gasteiger partial charge in [-0.3, -0.25) is 9.78 Å². The van der Waals surface area contributed by atoms with Gasteiger partial charge in [-0.2, -0.15) is 0 Å². The van der Waals surface area contributed by atoms with Gasteiger partial charge in [0.1, 0.15) is 0 Å². The van der Waals surface area contributed by atoms with Crippen molar-refractivity contribution in [2.45, 2.75) is 13.8 Å². The molecule has 0 unspecified atom stereocenters. The third-order valence-corrected chi connectivity index (χ3v) is 5.08. The molecular formula is C24H24N4O. The highest BCUT2D eigenvalue weighted by Crippen LogP contribution is 2.25. The van der Waals surface area contributed by atoms with E-state index in [1.807, 2.05) is 48.5 Å². The Morgan fingerprint density at radius 1 is 1.03 bits per heavy atom. The van der Waals surface area contributed by atoms with Gasteiger partial charge in [-0.15, -0.1) is 0 Å². The van der Waals surface area contributed by atoms with Crippen molar-refractivity contribution >= 4 is 45.2 Å². The molecule has 5 nitrogen and oxygen atoms in total. The molecule has 146 valence electrons. The number of para-hydroxylation sites is 1. The summed E-state index contributed by atoms with van der Waals surface area (Å²) in [5.41, 5.74) is 4.74. The van der Waals surface area contributed by atoms with Gasteiger partial charge in [0.05, 0.1) is 17.4 Å². The summed E-state index contributed by atoms with van der Waals surface area (Å²) in [6, 6.07) is 18.1. The molecule has 2 N–H and O–H groups in total. The molecule has 0 aliphatic carbocycles. The van der Waals surface area contributed by atoms with Crippen LogP contribution >= 0.6 is 0 Å². The minimum atomic E-state index is -0.179. The maximum absolute atomic E-state index is 12.3. The lowest BCUT2D eigenvalue weighted by molar-refractivity contribution is -0.111. The highest BCUT2D eigenvalue weighted by molar-refractivity contribution is 6.07. The molecule has 1 amide bonds. The van der Waals surface area contributed by atoms with Crippen LogP contribution in [-0.4, -0.2) is 29.0 Å². The topological polar surface area (TPSA) is 61.0 Å². The third-order valence-electron chi connectivity index (χ3n) is 5.08. The predicted octanol–water partition coefficient (Wildman–Crippen LogP) is 5.21. The van der Waals surface area contributed by atoms with Crippen LogP contribution in [0.15, 0.2) is 66.9 Å². The average Bonchev–Trinajstić information content (AvgIpc) is 3.12. The Labute approximate surface area is 170 Å². The van der Waals surface area contributed by atoms with Crippen LogP contribution in [0.2, 0.25) is 0 Å². The van der Waals surface area contributed by atoms with Gasteiger partial charge in [-0.05, 0) is 56.3 Å². The van der Waals surface area contributed by atoms with Crippen molar-refractivity contribution in [3.05, 3.63) is 72.6 Å². The Morgan fingerprint density at radius 3 is 2.55 bits per heavy atom. The quantitative estimate of drug-likeness (QED) is 0.448. The second-order valence-corrected chi connectivity index (χ2v) is 6.87. The number of amides is 1. The molecule has 0 bridgehead atoms. The number of nitrogens with one attached hydrogen (secondary N) is 2. The summed E-state index contributed by atoms with van der Waals surface area (Å²) in [5, 5.41) is 5.15. The smallest absolute Gasteiger partial charge is 0.248 e. The maximum Gasteiger partial charge on any atom is 0.248 e. The molecule has 0 radical (unpaired) electrons. The molecule has 0 aliphatic heterocycles. The van der Waals surface area contributed by atoms with Gasteiger partial charge in [-0.25, -0.2) is 0 Å². The molecule has 0 saturated heterocycles. The van der Waals surface area contributed by atoms with Gasteiger partial charge in [0.15, 0.2) is 0 Å². The molecule has 0 atom stereocenters. The molecular weight excluding hydrogens is 360 g/mol. The average molecular weight is 384 g/mol. The zero-order valence-electron chi connectivity index (χ0n) is 16.6. The number of aromatic nitrogens is 2. The Balaban J connectivity index is 1.47. The van der Waals surface area contributed by atoms with Gasteiger partial charge in [0, 0.05) is 46.8 Å². The SMILES string of the molecule is CCN(CC)c1ccc(NC(=O)/C=C/c2cc3c(cn2)[nH]c2ccccc23)cc1. The number of benzene rings is 2. The van der Waals surface area contributed by atoms with Gasteiger partial charge in [0.2, 0.25) is 5.91 Å². The second-order valence-electron chi connectivity index (χ2n) is 6.87. The first kappa shape index (κ1) is 18.7. The minimum Gasteiger partial charge on any atom is -0.372 e. The molecule has 5 heteroatoms. The van der Waals surface area contributed by atoms with Gasteiger partial charge >= 0.3 is 0 Å². The zero-order chi connectivity index (χ0) is 20.2. The van der Waals surface area contributed by atoms with E-state index < -0.39 is 0 Å². The van der Waals surface area contributed by atoms with Crippen LogP contribution in [-0.2, 0) is 4.79 Å². The van der Waals surface area contributed by atoms with Crippen LogP contribution in [0, 0.1) is 0 Å². The van der Waals surface area contributed by atoms with E-state index in [-0.39, 0.29) is 5.91 Å². The number of hydrogen-bond donors (Lipinski definition) is 2. The van der Waals surface area contributed by atoms with Crippen LogP contribution in [0.3, 0.4) is 0 Å². The molecule has 4 rings (SSSR count). The Morgan fingerprint density at radius 2 is 1.79 bits per heavy atom. The first-order chi connectivity index (χ1) is 14.2. The maximum atomic E-state index is 12.3. The third kappa shape index (κ3) is 3.99. The van der Waals surface area contributed by atoms with Gasteiger partial charge in [0.25, 0.3) is 0 Å². The first-order valence-corrected chi connectivity index (χ1v) is 9.88. The zero-order valence-corrected chi connectivity index (χ0v) is 16.6. The summed E-state index contributed by atoms with van der Waals surface area (Å²) >= 11 is 0. The van der Waals surface area contributed by atoms with Crippen LogP contribution < -0.4 is 10.2 Å². The summed E-state index contributed by atoms with van der Waals surface area (Å²) in [5.74, 6) is -0.179. The largest absolute Gasteiger partial charge is 0.372 e. The molecule has 2 heterocycles. The summed E-state index contributed by atoms with van der Waals surface area (Å²) in [4.78, 5) is 22.3. The van der Waals surface area contributed by atoms with E-state index in [1.165, 1.54) is 6.08 Å². The van der Waals surface area contributed by atoms with Crippen molar-refractivity contribution in [2.75, 3.05) is 23.3 Å². The summed E-state index contributed by atoms with van der Waals surface area (Å²) in [6.45, 7) is 6.18. The van der Waals surface area contributed by atoms with Crippen molar-refractivity contribution in [1.29, 1.82) is 0 Å². The summed E-state index contributed by atoms with van der Waals surface area (Å²) in [7, 11) is 0. The van der Waals surface area contributed by atoms with Gasteiger partial charge in [-0.1, -0.05) is 18.2 Å². The monoisotopic (exact) mass is 384 g/mol. The van der Waals surface area contributed by atoms with Gasteiger partial charge < -0.3 is 15.2 Å². The van der Waals surface area contributed by atoms with Crippen LogP contribution in [0.4, 0.5) is 11.4 Å². The highest BCUT2D eigenvalue weighted by Gasteiger charge is 2.05. The van der Waals surface area contributed by atoms with E-state index in [9.17, 15) is 4.79 Å². The lowest BCUT2D eigenvalue weighted by atomic mass is 10.1. The fraction of sp³-hybridized carbons (Fsp3) is 0.167. The minimum absolute atomic E-state index is 0.179. The number of fused-ring (bicyclic) bond motifs is 3. The Hall–Kier alpha value is -3.60. The van der Waals surface area contributed by atoms with Crippen LogP contribution in [0.25, 0.3) is 27.9 Å². The van der Waals surface area contributed by atoms with Crippen molar-refractivity contribution < 1.29 is 4.79 Å². The number of nitrogens with zero attached hydrogens (tertiary/aromatic N) is 2. The number of anilines is 2. The number of pyridine rings is 1. The fourth-order valence-corrected chi connectivity index (χ4v) is 3.55. The first-order valence-electron chi connectivity index (χ1n) is 9.88. The van der Waals surface area contributed by atoms with Crippen molar-refractivity contribution in [2.24, 2.45) is 0 Å². The lowest BCUT2D eigenvalue weighted by Gasteiger charge is -2.21. The normalized spacial score (nSPS) is 11.4. The molecule has 0 aliphatic rings. The molecule has 29 heavy (non-hydrogen) atoms. The lowest BCUT2D eigenvalue weighted by Crippen LogP contribution is -2.21. The standard InChI is InChI=1S/C24H24N4O/c1-3-28(4-2)19-12-9-17(10-13-19)26-24(29)14-11-18-15-21-20-7-5-6-8-22(20)27-23(21)16-25-18/h5-16,27H,3-4H2,1-2H3,(H,26,29)/b14-11+. The number of carbonyl (C=O) groups excluding carboxylic acids is 1. The predicted molar refractivity (Wildman–Crippen MR) is 121 cm³/mol. The van der Waals surface area contributed by atoms with E-state index in [0.29, 0.717) is 0 Å².